The number of aromatic amines is 1. The third-order valence-electron chi connectivity index (χ3n) is 4.83. The van der Waals surface area contributed by atoms with E-state index in [9.17, 15) is 5.26 Å². The minimum absolute atomic E-state index is 0.0891. The summed E-state index contributed by atoms with van der Waals surface area (Å²) in [5.41, 5.74) is 11.3. The second kappa shape index (κ2) is 7.12. The van der Waals surface area contributed by atoms with Gasteiger partial charge in [-0.3, -0.25) is 5.10 Å². The Kier molecular flexibility index (Phi) is 4.50. The molecule has 0 unspecified atom stereocenters. The van der Waals surface area contributed by atoms with Gasteiger partial charge in [0.2, 0.25) is 11.8 Å². The van der Waals surface area contributed by atoms with Crippen LogP contribution in [0.4, 0.5) is 0 Å². The number of aromatic nitrogens is 2. The summed E-state index contributed by atoms with van der Waals surface area (Å²) >= 11 is 0. The van der Waals surface area contributed by atoms with Gasteiger partial charge >= 0.3 is 0 Å². The topological polar surface area (TPSA) is 96.9 Å². The summed E-state index contributed by atoms with van der Waals surface area (Å²) in [6, 6.07) is 18.1. The van der Waals surface area contributed by atoms with Crippen molar-refractivity contribution in [1.29, 1.82) is 5.26 Å². The van der Waals surface area contributed by atoms with Crippen molar-refractivity contribution in [2.45, 2.75) is 26.4 Å². The molecule has 140 valence electrons. The molecular formula is C22H20N4O2. The number of benzene rings is 2. The predicted molar refractivity (Wildman–Crippen MR) is 105 cm³/mol. The molecule has 0 aliphatic carbocycles. The zero-order valence-electron chi connectivity index (χ0n) is 15.7. The van der Waals surface area contributed by atoms with E-state index < -0.39 is 0 Å². The summed E-state index contributed by atoms with van der Waals surface area (Å²) in [4.78, 5) is 0. The summed E-state index contributed by atoms with van der Waals surface area (Å²) in [5, 5.41) is 16.7. The fourth-order valence-electron chi connectivity index (χ4n) is 3.46. The molecule has 0 radical (unpaired) electrons. The molecule has 0 spiro atoms. The van der Waals surface area contributed by atoms with Crippen LogP contribution in [0.1, 0.15) is 33.9 Å². The Morgan fingerprint density at radius 3 is 2.71 bits per heavy atom. The second-order valence-electron chi connectivity index (χ2n) is 6.84. The van der Waals surface area contributed by atoms with Crippen molar-refractivity contribution in [3.8, 4) is 17.7 Å². The normalized spacial score (nSPS) is 15.5. The van der Waals surface area contributed by atoms with Gasteiger partial charge in [0, 0.05) is 11.3 Å². The molecule has 2 heterocycles. The summed E-state index contributed by atoms with van der Waals surface area (Å²) < 4.78 is 11.4. The zero-order chi connectivity index (χ0) is 19.7. The van der Waals surface area contributed by atoms with E-state index in [-0.39, 0.29) is 11.8 Å². The lowest BCUT2D eigenvalue weighted by Gasteiger charge is -2.23. The van der Waals surface area contributed by atoms with Crippen LogP contribution in [-0.4, -0.2) is 10.2 Å². The highest BCUT2D eigenvalue weighted by molar-refractivity contribution is 5.55. The van der Waals surface area contributed by atoms with Crippen LogP contribution in [0.15, 0.2) is 60.0 Å². The molecule has 1 atom stereocenters. The van der Waals surface area contributed by atoms with Gasteiger partial charge in [-0.15, -0.1) is 5.10 Å². The Labute approximate surface area is 163 Å². The first kappa shape index (κ1) is 17.7. The molecule has 0 fully saturated rings. The minimum Gasteiger partial charge on any atom is -0.489 e. The standard InChI is InChI=1S/C22H20N4O2/c1-13-4-3-5-15(10-13)12-27-17-8-6-16(7-9-17)20-18(11-23)21(24)28-22-19(20)14(2)25-26-22/h3-10,20H,12,24H2,1-2H3,(H,25,26)/t20-/m1/s1. The van der Waals surface area contributed by atoms with Crippen molar-refractivity contribution in [2.75, 3.05) is 0 Å². The van der Waals surface area contributed by atoms with Gasteiger partial charge in [0.05, 0.1) is 5.92 Å². The number of ether oxygens (including phenoxy) is 2. The van der Waals surface area contributed by atoms with E-state index >= 15 is 0 Å². The Hall–Kier alpha value is -3.72. The largest absolute Gasteiger partial charge is 0.489 e. The molecule has 0 saturated carbocycles. The maximum absolute atomic E-state index is 9.61. The number of rotatable bonds is 4. The van der Waals surface area contributed by atoms with Crippen LogP contribution in [-0.2, 0) is 6.61 Å². The number of nitrogens with two attached hydrogens (primary N) is 1. The number of nitrogens with zero attached hydrogens (tertiary/aromatic N) is 2. The molecule has 3 aromatic rings. The number of fused-ring (bicyclic) bond motifs is 1. The van der Waals surface area contributed by atoms with Crippen molar-refractivity contribution in [1.82, 2.24) is 10.2 Å². The average molecular weight is 372 g/mol. The molecule has 1 aliphatic heterocycles. The van der Waals surface area contributed by atoms with Gasteiger partial charge in [-0.1, -0.05) is 42.0 Å². The van der Waals surface area contributed by atoms with Gasteiger partial charge in [0.1, 0.15) is 24.0 Å². The minimum atomic E-state index is -0.321. The van der Waals surface area contributed by atoms with Crippen LogP contribution in [0.5, 0.6) is 11.6 Å². The highest BCUT2D eigenvalue weighted by Gasteiger charge is 2.34. The number of allylic oxidation sites excluding steroid dienone is 1. The van der Waals surface area contributed by atoms with Crippen LogP contribution in [0.25, 0.3) is 0 Å². The van der Waals surface area contributed by atoms with Crippen LogP contribution in [0, 0.1) is 25.2 Å². The van der Waals surface area contributed by atoms with Gasteiger partial charge in [-0.2, -0.15) is 5.26 Å². The molecule has 0 amide bonds. The number of hydrogen-bond acceptors (Lipinski definition) is 5. The Morgan fingerprint density at radius 1 is 1.21 bits per heavy atom. The van der Waals surface area contributed by atoms with Gasteiger partial charge in [0.25, 0.3) is 0 Å². The maximum atomic E-state index is 9.61. The Bertz CT molecular complexity index is 1090. The smallest absolute Gasteiger partial charge is 0.244 e. The molecule has 28 heavy (non-hydrogen) atoms. The van der Waals surface area contributed by atoms with Crippen molar-refractivity contribution < 1.29 is 9.47 Å². The number of hydrogen-bond donors (Lipinski definition) is 2. The second-order valence-corrected chi connectivity index (χ2v) is 6.84. The number of nitriles is 1. The molecular weight excluding hydrogens is 352 g/mol. The summed E-state index contributed by atoms with van der Waals surface area (Å²) in [6.07, 6.45) is 0. The highest BCUT2D eigenvalue weighted by atomic mass is 16.5. The van der Waals surface area contributed by atoms with Crippen LogP contribution < -0.4 is 15.2 Å². The van der Waals surface area contributed by atoms with Gasteiger partial charge in [-0.25, -0.2) is 0 Å². The number of H-pyrrole nitrogens is 1. The van der Waals surface area contributed by atoms with Gasteiger partial charge in [-0.05, 0) is 37.1 Å². The molecule has 6 heteroatoms. The van der Waals surface area contributed by atoms with Crippen LogP contribution in [0.3, 0.4) is 0 Å². The fourth-order valence-corrected chi connectivity index (χ4v) is 3.46. The average Bonchev–Trinajstić information content (AvgIpc) is 3.06. The summed E-state index contributed by atoms with van der Waals surface area (Å²) in [5.74, 6) is 0.945. The fraction of sp³-hybridized carbons (Fsp3) is 0.182. The molecule has 1 aromatic heterocycles. The van der Waals surface area contributed by atoms with E-state index in [4.69, 9.17) is 15.2 Å². The van der Waals surface area contributed by atoms with Gasteiger partial charge in [0.15, 0.2) is 0 Å². The van der Waals surface area contributed by atoms with E-state index in [0.29, 0.717) is 18.1 Å². The third kappa shape index (κ3) is 3.19. The van der Waals surface area contributed by atoms with E-state index in [1.165, 1.54) is 5.56 Å². The maximum Gasteiger partial charge on any atom is 0.244 e. The van der Waals surface area contributed by atoms with E-state index in [2.05, 4.69) is 35.3 Å². The monoisotopic (exact) mass is 372 g/mol. The summed E-state index contributed by atoms with van der Waals surface area (Å²) in [7, 11) is 0. The molecule has 2 aromatic carbocycles. The van der Waals surface area contributed by atoms with E-state index in [0.717, 1.165) is 28.1 Å². The number of aryl methyl sites for hydroxylation is 2. The first-order valence-corrected chi connectivity index (χ1v) is 8.97. The zero-order valence-corrected chi connectivity index (χ0v) is 15.7. The molecule has 4 rings (SSSR count). The SMILES string of the molecule is Cc1cccc(COc2ccc([C@@H]3C(C#N)=C(N)Oc4n[nH]c(C)c43)cc2)c1. The van der Waals surface area contributed by atoms with Crippen molar-refractivity contribution >= 4 is 0 Å². The van der Waals surface area contributed by atoms with Gasteiger partial charge < -0.3 is 15.2 Å². The Balaban J connectivity index is 1.60. The lowest BCUT2D eigenvalue weighted by Crippen LogP contribution is -2.21. The first-order valence-electron chi connectivity index (χ1n) is 8.97. The van der Waals surface area contributed by atoms with E-state index in [1.54, 1.807) is 0 Å². The van der Waals surface area contributed by atoms with Crippen molar-refractivity contribution in [2.24, 2.45) is 5.73 Å². The van der Waals surface area contributed by atoms with Crippen molar-refractivity contribution in [3.05, 3.63) is 87.9 Å². The lowest BCUT2D eigenvalue weighted by molar-refractivity contribution is 0.306. The third-order valence-corrected chi connectivity index (χ3v) is 4.83. The van der Waals surface area contributed by atoms with Crippen molar-refractivity contribution in [3.63, 3.8) is 0 Å². The quantitative estimate of drug-likeness (QED) is 0.725. The molecule has 0 saturated heterocycles. The van der Waals surface area contributed by atoms with E-state index in [1.807, 2.05) is 43.3 Å². The van der Waals surface area contributed by atoms with Crippen LogP contribution >= 0.6 is 0 Å². The highest BCUT2D eigenvalue weighted by Crippen LogP contribution is 2.42. The molecule has 6 nitrogen and oxygen atoms in total. The molecule has 0 bridgehead atoms. The summed E-state index contributed by atoms with van der Waals surface area (Å²) in [6.45, 7) is 4.46. The molecule has 3 N–H and O–H groups in total. The predicted octanol–water partition coefficient (Wildman–Crippen LogP) is 3.82. The number of nitrogens with one attached hydrogen (secondary N) is 1. The first-order chi connectivity index (χ1) is 13.6. The lowest BCUT2D eigenvalue weighted by atomic mass is 9.84. The van der Waals surface area contributed by atoms with Crippen LogP contribution in [0.2, 0.25) is 0 Å². The Morgan fingerprint density at radius 2 is 2.00 bits per heavy atom. The molecule has 1 aliphatic rings.